The van der Waals surface area contributed by atoms with Gasteiger partial charge in [0.2, 0.25) is 0 Å². The number of ether oxygens (including phenoxy) is 1. The van der Waals surface area contributed by atoms with Gasteiger partial charge < -0.3 is 4.74 Å². The van der Waals surface area contributed by atoms with Crippen LogP contribution in [-0.2, 0) is 9.53 Å². The van der Waals surface area contributed by atoms with Crippen LogP contribution in [0.2, 0.25) is 0 Å². The van der Waals surface area contributed by atoms with Crippen molar-refractivity contribution < 1.29 is 9.53 Å². The number of allylic oxidation sites excluding steroid dienone is 3. The first-order valence-corrected chi connectivity index (χ1v) is 5.60. The number of hydrogen-bond acceptors (Lipinski definition) is 2. The van der Waals surface area contributed by atoms with Crippen LogP contribution in [0.3, 0.4) is 0 Å². The van der Waals surface area contributed by atoms with Crippen LogP contribution in [0, 0.1) is 5.41 Å². The summed E-state index contributed by atoms with van der Waals surface area (Å²) in [5.74, 6) is -0.149. The summed E-state index contributed by atoms with van der Waals surface area (Å²) in [6.07, 6.45) is 6.04. The first-order chi connectivity index (χ1) is 7.05. The zero-order chi connectivity index (χ0) is 11.5. The maximum atomic E-state index is 11.9. The molecular formula is C13H20O2. The van der Waals surface area contributed by atoms with Crippen LogP contribution in [0.25, 0.3) is 0 Å². The van der Waals surface area contributed by atoms with Gasteiger partial charge in [0.05, 0.1) is 6.61 Å². The molecule has 1 rings (SSSR count). The smallest absolute Gasteiger partial charge is 0.334 e. The summed E-state index contributed by atoms with van der Waals surface area (Å²) in [6.45, 7) is 8.52. The van der Waals surface area contributed by atoms with Gasteiger partial charge in [-0.25, -0.2) is 4.79 Å². The second kappa shape index (κ2) is 4.65. The van der Waals surface area contributed by atoms with Crippen LogP contribution in [0.15, 0.2) is 23.3 Å². The third-order valence-corrected chi connectivity index (χ3v) is 3.19. The van der Waals surface area contributed by atoms with Crippen LogP contribution in [-0.4, -0.2) is 12.6 Å². The van der Waals surface area contributed by atoms with Gasteiger partial charge in [-0.05, 0) is 32.3 Å². The fourth-order valence-electron chi connectivity index (χ4n) is 2.09. The maximum Gasteiger partial charge on any atom is 0.334 e. The Morgan fingerprint density at radius 2 is 2.20 bits per heavy atom. The highest BCUT2D eigenvalue weighted by molar-refractivity contribution is 5.91. The number of esters is 1. The van der Waals surface area contributed by atoms with Crippen molar-refractivity contribution in [2.24, 2.45) is 5.41 Å². The molecule has 0 heterocycles. The van der Waals surface area contributed by atoms with Gasteiger partial charge in [-0.15, -0.1) is 0 Å². The standard InChI is InChI=1S/C13H20O2/c1-5-13(4)9-7-8-10(3)11(13)12(14)15-6-2/h7-8H,5-6,9H2,1-4H3. The molecule has 0 saturated heterocycles. The molecule has 1 unspecified atom stereocenters. The topological polar surface area (TPSA) is 26.3 Å². The average molecular weight is 208 g/mol. The first kappa shape index (κ1) is 12.0. The third kappa shape index (κ3) is 2.31. The highest BCUT2D eigenvalue weighted by Crippen LogP contribution is 2.40. The van der Waals surface area contributed by atoms with E-state index in [0.717, 1.165) is 24.0 Å². The van der Waals surface area contributed by atoms with E-state index in [1.54, 1.807) is 0 Å². The van der Waals surface area contributed by atoms with E-state index >= 15 is 0 Å². The average Bonchev–Trinajstić information content (AvgIpc) is 2.18. The quantitative estimate of drug-likeness (QED) is 0.665. The normalized spacial score (nSPS) is 25.6. The summed E-state index contributed by atoms with van der Waals surface area (Å²) in [5, 5.41) is 0. The third-order valence-electron chi connectivity index (χ3n) is 3.19. The van der Waals surface area contributed by atoms with Gasteiger partial charge in [0.15, 0.2) is 0 Å². The molecule has 2 heteroatoms. The molecule has 0 amide bonds. The molecule has 0 bridgehead atoms. The zero-order valence-corrected chi connectivity index (χ0v) is 10.1. The molecule has 0 aromatic heterocycles. The highest BCUT2D eigenvalue weighted by Gasteiger charge is 2.34. The summed E-state index contributed by atoms with van der Waals surface area (Å²) in [7, 11) is 0. The molecule has 0 saturated carbocycles. The molecule has 84 valence electrons. The summed E-state index contributed by atoms with van der Waals surface area (Å²) in [5.41, 5.74) is 1.85. The van der Waals surface area contributed by atoms with Crippen molar-refractivity contribution in [3.05, 3.63) is 23.3 Å². The maximum absolute atomic E-state index is 11.9. The van der Waals surface area contributed by atoms with Gasteiger partial charge >= 0.3 is 5.97 Å². The Balaban J connectivity index is 3.06. The molecule has 15 heavy (non-hydrogen) atoms. The minimum Gasteiger partial charge on any atom is -0.463 e. The second-order valence-electron chi connectivity index (χ2n) is 4.30. The molecule has 1 atom stereocenters. The summed E-state index contributed by atoms with van der Waals surface area (Å²) < 4.78 is 5.12. The molecule has 0 spiro atoms. The van der Waals surface area contributed by atoms with Gasteiger partial charge in [0.1, 0.15) is 0 Å². The van der Waals surface area contributed by atoms with Crippen LogP contribution in [0.5, 0.6) is 0 Å². The van der Waals surface area contributed by atoms with E-state index in [2.05, 4.69) is 19.9 Å². The minimum atomic E-state index is -0.149. The number of carbonyl (C=O) groups excluding carboxylic acids is 1. The monoisotopic (exact) mass is 208 g/mol. The predicted molar refractivity (Wildman–Crippen MR) is 61.5 cm³/mol. The number of rotatable bonds is 3. The van der Waals surface area contributed by atoms with Crippen molar-refractivity contribution in [1.82, 2.24) is 0 Å². The van der Waals surface area contributed by atoms with Crippen LogP contribution in [0.1, 0.15) is 40.5 Å². The van der Waals surface area contributed by atoms with E-state index in [0.29, 0.717) is 6.61 Å². The van der Waals surface area contributed by atoms with Gasteiger partial charge in [0.25, 0.3) is 0 Å². The highest BCUT2D eigenvalue weighted by atomic mass is 16.5. The lowest BCUT2D eigenvalue weighted by molar-refractivity contribution is -0.139. The lowest BCUT2D eigenvalue weighted by Crippen LogP contribution is -2.28. The largest absolute Gasteiger partial charge is 0.463 e. The van der Waals surface area contributed by atoms with Crippen LogP contribution >= 0.6 is 0 Å². The Hall–Kier alpha value is -1.05. The molecule has 0 aromatic carbocycles. The van der Waals surface area contributed by atoms with E-state index in [-0.39, 0.29) is 11.4 Å². The lowest BCUT2D eigenvalue weighted by Gasteiger charge is -2.32. The summed E-state index contributed by atoms with van der Waals surface area (Å²) >= 11 is 0. The fourth-order valence-corrected chi connectivity index (χ4v) is 2.09. The molecule has 0 aromatic rings. The molecule has 2 nitrogen and oxygen atoms in total. The number of carbonyl (C=O) groups is 1. The molecule has 1 aliphatic rings. The van der Waals surface area contributed by atoms with E-state index in [9.17, 15) is 4.79 Å². The Labute approximate surface area is 92.0 Å². The molecule has 0 aliphatic heterocycles. The van der Waals surface area contributed by atoms with E-state index < -0.39 is 0 Å². The first-order valence-electron chi connectivity index (χ1n) is 5.60. The SMILES string of the molecule is CCOC(=O)C1=C(C)C=CCC1(C)CC. The zero-order valence-electron chi connectivity index (χ0n) is 10.1. The Bertz CT molecular complexity index is 312. The van der Waals surface area contributed by atoms with Gasteiger partial charge in [-0.1, -0.05) is 26.0 Å². The Morgan fingerprint density at radius 3 is 2.73 bits per heavy atom. The van der Waals surface area contributed by atoms with Gasteiger partial charge in [0, 0.05) is 11.0 Å². The van der Waals surface area contributed by atoms with E-state index in [1.165, 1.54) is 0 Å². The molecule has 0 radical (unpaired) electrons. The summed E-state index contributed by atoms with van der Waals surface area (Å²) in [6, 6.07) is 0. The van der Waals surface area contributed by atoms with Gasteiger partial charge in [-0.3, -0.25) is 0 Å². The Morgan fingerprint density at radius 1 is 1.53 bits per heavy atom. The second-order valence-corrected chi connectivity index (χ2v) is 4.30. The van der Waals surface area contributed by atoms with Crippen LogP contribution in [0.4, 0.5) is 0 Å². The van der Waals surface area contributed by atoms with Crippen molar-refractivity contribution in [2.45, 2.75) is 40.5 Å². The number of hydrogen-bond donors (Lipinski definition) is 0. The van der Waals surface area contributed by atoms with Crippen molar-refractivity contribution in [3.63, 3.8) is 0 Å². The van der Waals surface area contributed by atoms with Crippen LogP contribution < -0.4 is 0 Å². The van der Waals surface area contributed by atoms with Crippen molar-refractivity contribution in [3.8, 4) is 0 Å². The van der Waals surface area contributed by atoms with Crippen molar-refractivity contribution in [2.75, 3.05) is 6.61 Å². The lowest BCUT2D eigenvalue weighted by atomic mass is 9.72. The van der Waals surface area contributed by atoms with E-state index in [1.807, 2.05) is 19.9 Å². The molecule has 0 fully saturated rings. The van der Waals surface area contributed by atoms with E-state index in [4.69, 9.17) is 4.74 Å². The van der Waals surface area contributed by atoms with Gasteiger partial charge in [-0.2, -0.15) is 0 Å². The predicted octanol–water partition coefficient (Wildman–Crippen LogP) is 3.24. The molecule has 0 N–H and O–H groups in total. The molecular weight excluding hydrogens is 188 g/mol. The summed E-state index contributed by atoms with van der Waals surface area (Å²) in [4.78, 5) is 11.9. The minimum absolute atomic E-state index is 0.0505. The molecule has 1 aliphatic carbocycles. The van der Waals surface area contributed by atoms with Crippen molar-refractivity contribution in [1.29, 1.82) is 0 Å². The van der Waals surface area contributed by atoms with Crippen molar-refractivity contribution >= 4 is 5.97 Å². The fraction of sp³-hybridized carbons (Fsp3) is 0.615. The Kier molecular flexibility index (Phi) is 3.72.